The van der Waals surface area contributed by atoms with E-state index in [1.807, 2.05) is 18.3 Å². The van der Waals surface area contributed by atoms with Crippen LogP contribution in [0.1, 0.15) is 43.7 Å². The van der Waals surface area contributed by atoms with Gasteiger partial charge in [0.1, 0.15) is 11.6 Å². The zero-order chi connectivity index (χ0) is 20.3. The lowest BCUT2D eigenvalue weighted by atomic mass is 10.2. The number of benzene rings is 1. The Balaban J connectivity index is 1.60. The third-order valence-corrected chi connectivity index (χ3v) is 5.12. The maximum absolute atomic E-state index is 5.22. The van der Waals surface area contributed by atoms with Gasteiger partial charge in [0.2, 0.25) is 0 Å². The number of nitrogens with one attached hydrogen (secondary N) is 2. The smallest absolute Gasteiger partial charge is 0.191 e. The van der Waals surface area contributed by atoms with Crippen molar-refractivity contribution in [1.82, 2.24) is 15.6 Å². The Morgan fingerprint density at radius 1 is 1.03 bits per heavy atom. The Hall–Kier alpha value is -2.76. The zero-order valence-electron chi connectivity index (χ0n) is 17.7. The summed E-state index contributed by atoms with van der Waals surface area (Å²) in [5, 5.41) is 6.72. The molecular weight excluding hydrogens is 362 g/mol. The van der Waals surface area contributed by atoms with Gasteiger partial charge in [-0.05, 0) is 55.2 Å². The summed E-state index contributed by atoms with van der Waals surface area (Å²) in [5.74, 6) is 2.76. The highest BCUT2D eigenvalue weighted by Gasteiger charge is 2.11. The topological polar surface area (TPSA) is 61.8 Å². The number of nitrogens with zero attached hydrogens (tertiary/aromatic N) is 3. The molecule has 29 heavy (non-hydrogen) atoms. The van der Waals surface area contributed by atoms with Crippen LogP contribution in [0, 0.1) is 0 Å². The zero-order valence-corrected chi connectivity index (χ0v) is 17.7. The molecule has 6 nitrogen and oxygen atoms in total. The summed E-state index contributed by atoms with van der Waals surface area (Å²) in [6, 6.07) is 12.3. The molecule has 1 fully saturated rings. The van der Waals surface area contributed by atoms with E-state index in [2.05, 4.69) is 51.7 Å². The Bertz CT molecular complexity index is 767. The van der Waals surface area contributed by atoms with Gasteiger partial charge in [0.05, 0.1) is 13.7 Å². The lowest BCUT2D eigenvalue weighted by molar-refractivity contribution is 0.414. The number of aromatic nitrogens is 1. The minimum atomic E-state index is 0.626. The van der Waals surface area contributed by atoms with E-state index in [-0.39, 0.29) is 0 Å². The van der Waals surface area contributed by atoms with E-state index in [4.69, 9.17) is 9.73 Å². The summed E-state index contributed by atoms with van der Waals surface area (Å²) in [4.78, 5) is 11.8. The van der Waals surface area contributed by atoms with Gasteiger partial charge in [0, 0.05) is 32.4 Å². The Morgan fingerprint density at radius 3 is 2.48 bits per heavy atom. The molecule has 3 rings (SSSR count). The summed E-state index contributed by atoms with van der Waals surface area (Å²) >= 11 is 0. The number of guanidine groups is 1. The van der Waals surface area contributed by atoms with Crippen LogP contribution in [0.2, 0.25) is 0 Å². The summed E-state index contributed by atoms with van der Waals surface area (Å²) in [6.07, 6.45) is 7.06. The highest BCUT2D eigenvalue weighted by atomic mass is 16.5. The number of methoxy groups -OCH3 is 1. The van der Waals surface area contributed by atoms with Crippen molar-refractivity contribution in [2.75, 3.05) is 31.6 Å². The van der Waals surface area contributed by atoms with Gasteiger partial charge in [-0.2, -0.15) is 0 Å². The quantitative estimate of drug-likeness (QED) is 0.553. The predicted octanol–water partition coefficient (Wildman–Crippen LogP) is 3.73. The molecule has 6 heteroatoms. The molecule has 1 saturated heterocycles. The van der Waals surface area contributed by atoms with Crippen LogP contribution in [0.4, 0.5) is 5.82 Å². The number of aliphatic imine (C=N–C) groups is 1. The Morgan fingerprint density at radius 2 is 1.79 bits per heavy atom. The summed E-state index contributed by atoms with van der Waals surface area (Å²) in [6.45, 7) is 6.45. The standard InChI is InChI=1S/C23H33N5O/c1-3-24-23(26-17-19-8-10-21(29-2)11-9-19)27-18-20-12-13-25-22(16-20)28-14-6-4-5-7-15-28/h8-13,16H,3-7,14-15,17-18H2,1-2H3,(H2,24,26,27). The Labute approximate surface area is 174 Å². The molecule has 0 radical (unpaired) electrons. The molecule has 156 valence electrons. The summed E-state index contributed by atoms with van der Waals surface area (Å²) in [5.41, 5.74) is 2.37. The van der Waals surface area contributed by atoms with Crippen LogP contribution in [-0.2, 0) is 13.1 Å². The van der Waals surface area contributed by atoms with Crippen molar-refractivity contribution in [3.63, 3.8) is 0 Å². The molecule has 2 heterocycles. The average Bonchev–Trinajstić information content (AvgIpc) is 3.06. The fraction of sp³-hybridized carbons (Fsp3) is 0.478. The first-order valence-corrected chi connectivity index (χ1v) is 10.6. The number of ether oxygens (including phenoxy) is 1. The molecule has 1 aromatic heterocycles. The number of hydrogen-bond acceptors (Lipinski definition) is 4. The second kappa shape index (κ2) is 11.3. The van der Waals surface area contributed by atoms with E-state index >= 15 is 0 Å². The van der Waals surface area contributed by atoms with Crippen molar-refractivity contribution >= 4 is 11.8 Å². The number of rotatable bonds is 7. The maximum atomic E-state index is 5.22. The SMILES string of the molecule is CCNC(=NCc1ccnc(N2CCCCCC2)c1)NCc1ccc(OC)cc1. The molecule has 1 aliphatic rings. The molecule has 0 bridgehead atoms. The van der Waals surface area contributed by atoms with Crippen LogP contribution < -0.4 is 20.3 Å². The molecule has 0 amide bonds. The molecule has 2 N–H and O–H groups in total. The van der Waals surface area contributed by atoms with Gasteiger partial charge in [-0.25, -0.2) is 9.98 Å². The van der Waals surface area contributed by atoms with E-state index in [9.17, 15) is 0 Å². The molecule has 0 spiro atoms. The van der Waals surface area contributed by atoms with Crippen molar-refractivity contribution in [1.29, 1.82) is 0 Å². The molecule has 1 aromatic carbocycles. The third-order valence-electron chi connectivity index (χ3n) is 5.12. The summed E-state index contributed by atoms with van der Waals surface area (Å²) in [7, 11) is 1.68. The van der Waals surface area contributed by atoms with Crippen LogP contribution in [0.5, 0.6) is 5.75 Å². The Kier molecular flexibility index (Phi) is 8.16. The van der Waals surface area contributed by atoms with Crippen LogP contribution in [0.3, 0.4) is 0 Å². The highest BCUT2D eigenvalue weighted by Crippen LogP contribution is 2.18. The van der Waals surface area contributed by atoms with Gasteiger partial charge in [0.15, 0.2) is 5.96 Å². The second-order valence-corrected chi connectivity index (χ2v) is 7.32. The van der Waals surface area contributed by atoms with Crippen LogP contribution in [0.15, 0.2) is 47.6 Å². The molecule has 1 aliphatic heterocycles. The fourth-order valence-corrected chi connectivity index (χ4v) is 3.47. The maximum Gasteiger partial charge on any atom is 0.191 e. The molecule has 2 aromatic rings. The van der Waals surface area contributed by atoms with Crippen molar-refractivity contribution in [3.05, 3.63) is 53.7 Å². The monoisotopic (exact) mass is 395 g/mol. The number of hydrogen-bond donors (Lipinski definition) is 2. The molecule has 0 aliphatic carbocycles. The third kappa shape index (κ3) is 6.66. The van der Waals surface area contributed by atoms with E-state index in [0.29, 0.717) is 13.1 Å². The van der Waals surface area contributed by atoms with Crippen molar-refractivity contribution in [2.45, 2.75) is 45.7 Å². The van der Waals surface area contributed by atoms with Crippen molar-refractivity contribution in [2.24, 2.45) is 4.99 Å². The van der Waals surface area contributed by atoms with Gasteiger partial charge in [-0.15, -0.1) is 0 Å². The number of pyridine rings is 1. The first kappa shape index (κ1) is 21.0. The van der Waals surface area contributed by atoms with E-state index in [0.717, 1.165) is 37.2 Å². The minimum absolute atomic E-state index is 0.626. The molecule has 0 unspecified atom stereocenters. The fourth-order valence-electron chi connectivity index (χ4n) is 3.47. The molecular formula is C23H33N5O. The minimum Gasteiger partial charge on any atom is -0.497 e. The van der Waals surface area contributed by atoms with Gasteiger partial charge < -0.3 is 20.3 Å². The van der Waals surface area contributed by atoms with Gasteiger partial charge in [-0.3, -0.25) is 0 Å². The normalized spacial score (nSPS) is 15.0. The van der Waals surface area contributed by atoms with E-state index < -0.39 is 0 Å². The highest BCUT2D eigenvalue weighted by molar-refractivity contribution is 5.79. The van der Waals surface area contributed by atoms with Crippen molar-refractivity contribution in [3.8, 4) is 5.75 Å². The van der Waals surface area contributed by atoms with Gasteiger partial charge >= 0.3 is 0 Å². The summed E-state index contributed by atoms with van der Waals surface area (Å²) < 4.78 is 5.22. The van der Waals surface area contributed by atoms with E-state index in [1.165, 1.54) is 36.8 Å². The lowest BCUT2D eigenvalue weighted by Crippen LogP contribution is -2.36. The lowest BCUT2D eigenvalue weighted by Gasteiger charge is -2.21. The van der Waals surface area contributed by atoms with Crippen molar-refractivity contribution < 1.29 is 4.74 Å². The van der Waals surface area contributed by atoms with Gasteiger partial charge in [0.25, 0.3) is 0 Å². The van der Waals surface area contributed by atoms with Crippen LogP contribution >= 0.6 is 0 Å². The molecule has 0 saturated carbocycles. The largest absolute Gasteiger partial charge is 0.497 e. The predicted molar refractivity (Wildman–Crippen MR) is 120 cm³/mol. The number of anilines is 1. The van der Waals surface area contributed by atoms with Gasteiger partial charge in [-0.1, -0.05) is 25.0 Å². The van der Waals surface area contributed by atoms with Crippen LogP contribution in [-0.4, -0.2) is 37.7 Å². The second-order valence-electron chi connectivity index (χ2n) is 7.32. The first-order valence-electron chi connectivity index (χ1n) is 10.6. The first-order chi connectivity index (χ1) is 14.3. The van der Waals surface area contributed by atoms with E-state index in [1.54, 1.807) is 7.11 Å². The van der Waals surface area contributed by atoms with Crippen LogP contribution in [0.25, 0.3) is 0 Å². The average molecular weight is 396 g/mol. The molecule has 0 atom stereocenters.